The van der Waals surface area contributed by atoms with Crippen LogP contribution in [-0.2, 0) is 4.79 Å². The van der Waals surface area contributed by atoms with Crippen molar-refractivity contribution < 1.29 is 15.0 Å². The molecule has 1 aromatic carbocycles. The van der Waals surface area contributed by atoms with E-state index < -0.39 is 12.1 Å². The molecule has 0 aromatic heterocycles. The minimum Gasteiger partial charge on any atom is -0.479 e. The fourth-order valence-electron chi connectivity index (χ4n) is 1.04. The molecule has 0 heterocycles. The molecule has 0 saturated heterocycles. The van der Waals surface area contributed by atoms with Gasteiger partial charge in [-0.15, -0.1) is 12.6 Å². The molecule has 5 nitrogen and oxygen atoms in total. The van der Waals surface area contributed by atoms with Crippen molar-refractivity contribution in [3.8, 4) is 0 Å². The molecular weight excluding hydrogens is 204 g/mol. The summed E-state index contributed by atoms with van der Waals surface area (Å²) in [6.07, 6.45) is -1.59. The second kappa shape index (κ2) is 4.32. The zero-order valence-electron chi connectivity index (χ0n) is 7.14. The summed E-state index contributed by atoms with van der Waals surface area (Å²) in [5.74, 6) is 3.84. The summed E-state index contributed by atoms with van der Waals surface area (Å²) in [6.45, 7) is 0. The Bertz CT molecular complexity index is 356. The summed E-state index contributed by atoms with van der Waals surface area (Å²) in [5, 5.41) is 17.9. The van der Waals surface area contributed by atoms with E-state index in [1.165, 1.54) is 12.1 Å². The van der Waals surface area contributed by atoms with E-state index in [1.54, 1.807) is 6.07 Å². The van der Waals surface area contributed by atoms with Crippen LogP contribution in [0, 0.1) is 0 Å². The second-order valence-electron chi connectivity index (χ2n) is 2.66. The predicted molar refractivity (Wildman–Crippen MR) is 54.1 cm³/mol. The standard InChI is InChI=1S/C8H10N2O3S/c9-10-6-3-4(14)1-2-5(6)7(11)8(12)13/h1-3,7,10-11,14H,9H2,(H,12,13). The van der Waals surface area contributed by atoms with E-state index in [9.17, 15) is 9.90 Å². The van der Waals surface area contributed by atoms with Gasteiger partial charge in [0.25, 0.3) is 0 Å². The highest BCUT2D eigenvalue weighted by molar-refractivity contribution is 7.80. The van der Waals surface area contributed by atoms with Crippen LogP contribution in [0.1, 0.15) is 11.7 Å². The van der Waals surface area contributed by atoms with Crippen LogP contribution in [0.4, 0.5) is 5.69 Å². The van der Waals surface area contributed by atoms with Crippen LogP contribution in [0.25, 0.3) is 0 Å². The third kappa shape index (κ3) is 2.16. The maximum Gasteiger partial charge on any atom is 0.337 e. The Kier molecular flexibility index (Phi) is 3.34. The number of carbonyl (C=O) groups is 1. The highest BCUT2D eigenvalue weighted by Crippen LogP contribution is 2.25. The number of aliphatic carboxylic acids is 1. The molecule has 76 valence electrons. The van der Waals surface area contributed by atoms with Crippen molar-refractivity contribution in [2.45, 2.75) is 11.0 Å². The summed E-state index contributed by atoms with van der Waals surface area (Å²) in [5.41, 5.74) is 2.85. The molecule has 0 radical (unpaired) electrons. The predicted octanol–water partition coefficient (Wildman–Crippen LogP) is 0.379. The van der Waals surface area contributed by atoms with E-state index in [4.69, 9.17) is 10.9 Å². The van der Waals surface area contributed by atoms with Crippen molar-refractivity contribution in [1.82, 2.24) is 0 Å². The number of aliphatic hydroxyl groups excluding tert-OH is 1. The molecule has 1 atom stereocenters. The molecule has 5 N–H and O–H groups in total. The molecule has 0 saturated carbocycles. The summed E-state index contributed by atoms with van der Waals surface area (Å²) in [4.78, 5) is 11.1. The molecule has 0 aliphatic rings. The number of hydrazine groups is 1. The fraction of sp³-hybridized carbons (Fsp3) is 0.125. The Balaban J connectivity index is 3.13. The zero-order chi connectivity index (χ0) is 10.7. The number of rotatable bonds is 3. The smallest absolute Gasteiger partial charge is 0.337 e. The molecule has 0 spiro atoms. The van der Waals surface area contributed by atoms with Gasteiger partial charge in [-0.1, -0.05) is 6.07 Å². The van der Waals surface area contributed by atoms with Crippen LogP contribution in [-0.4, -0.2) is 16.2 Å². The number of hydrogen-bond donors (Lipinski definition) is 5. The first-order valence-corrected chi connectivity index (χ1v) is 4.21. The largest absolute Gasteiger partial charge is 0.479 e. The molecule has 14 heavy (non-hydrogen) atoms. The van der Waals surface area contributed by atoms with E-state index >= 15 is 0 Å². The molecule has 1 aromatic rings. The summed E-state index contributed by atoms with van der Waals surface area (Å²) in [6, 6.07) is 4.56. The van der Waals surface area contributed by atoms with E-state index in [-0.39, 0.29) is 5.56 Å². The lowest BCUT2D eigenvalue weighted by Gasteiger charge is -2.11. The van der Waals surface area contributed by atoms with Crippen LogP contribution in [0.15, 0.2) is 23.1 Å². The van der Waals surface area contributed by atoms with E-state index in [0.29, 0.717) is 10.6 Å². The minimum atomic E-state index is -1.59. The Morgan fingerprint density at radius 2 is 2.21 bits per heavy atom. The lowest BCUT2D eigenvalue weighted by atomic mass is 10.1. The van der Waals surface area contributed by atoms with Crippen LogP contribution >= 0.6 is 12.6 Å². The molecule has 0 fully saturated rings. The number of nitrogens with one attached hydrogen (secondary N) is 1. The highest BCUT2D eigenvalue weighted by Gasteiger charge is 2.19. The number of aliphatic hydroxyl groups is 1. The maximum absolute atomic E-state index is 10.5. The van der Waals surface area contributed by atoms with E-state index in [0.717, 1.165) is 0 Å². The van der Waals surface area contributed by atoms with Gasteiger partial charge in [0.1, 0.15) is 0 Å². The van der Waals surface area contributed by atoms with Crippen LogP contribution < -0.4 is 11.3 Å². The van der Waals surface area contributed by atoms with Crippen molar-refractivity contribution in [2.24, 2.45) is 5.84 Å². The van der Waals surface area contributed by atoms with E-state index in [1.807, 2.05) is 0 Å². The number of anilines is 1. The number of thiol groups is 1. The number of nitrogen functional groups attached to an aromatic ring is 1. The van der Waals surface area contributed by atoms with Crippen molar-refractivity contribution in [3.05, 3.63) is 23.8 Å². The number of nitrogens with two attached hydrogens (primary N) is 1. The SMILES string of the molecule is NNc1cc(S)ccc1C(O)C(=O)O. The van der Waals surface area contributed by atoms with Crippen LogP contribution in [0.3, 0.4) is 0 Å². The average molecular weight is 214 g/mol. The van der Waals surface area contributed by atoms with Crippen molar-refractivity contribution in [2.75, 3.05) is 5.43 Å². The number of carboxylic acid groups (broad SMARTS) is 1. The first-order valence-electron chi connectivity index (χ1n) is 3.76. The number of benzene rings is 1. The zero-order valence-corrected chi connectivity index (χ0v) is 8.03. The van der Waals surface area contributed by atoms with E-state index in [2.05, 4.69) is 18.1 Å². The minimum absolute atomic E-state index is 0.206. The lowest BCUT2D eigenvalue weighted by Crippen LogP contribution is -2.16. The van der Waals surface area contributed by atoms with Gasteiger partial charge in [0.05, 0.1) is 5.69 Å². The Labute approximate surface area is 85.9 Å². The third-order valence-electron chi connectivity index (χ3n) is 1.72. The van der Waals surface area contributed by atoms with Gasteiger partial charge in [-0.3, -0.25) is 5.84 Å². The molecule has 0 amide bonds. The van der Waals surface area contributed by atoms with Gasteiger partial charge >= 0.3 is 5.97 Å². The van der Waals surface area contributed by atoms with Gasteiger partial charge in [-0.2, -0.15) is 0 Å². The fourth-order valence-corrected chi connectivity index (χ4v) is 1.24. The Hall–Kier alpha value is -1.24. The molecule has 1 rings (SSSR count). The van der Waals surface area contributed by atoms with Gasteiger partial charge in [-0.05, 0) is 12.1 Å². The molecular formula is C8H10N2O3S. The van der Waals surface area contributed by atoms with Crippen molar-refractivity contribution in [3.63, 3.8) is 0 Å². The Morgan fingerprint density at radius 3 is 2.71 bits per heavy atom. The highest BCUT2D eigenvalue weighted by atomic mass is 32.1. The third-order valence-corrected chi connectivity index (χ3v) is 2.00. The van der Waals surface area contributed by atoms with Gasteiger partial charge in [-0.25, -0.2) is 4.79 Å². The monoisotopic (exact) mass is 214 g/mol. The summed E-state index contributed by atoms with van der Waals surface area (Å²) < 4.78 is 0. The van der Waals surface area contributed by atoms with Gasteiger partial charge in [0, 0.05) is 10.5 Å². The lowest BCUT2D eigenvalue weighted by molar-refractivity contribution is -0.146. The first kappa shape index (κ1) is 10.8. The van der Waals surface area contributed by atoms with Gasteiger partial charge in [0.2, 0.25) is 0 Å². The summed E-state index contributed by atoms with van der Waals surface area (Å²) >= 11 is 4.05. The Morgan fingerprint density at radius 1 is 1.57 bits per heavy atom. The topological polar surface area (TPSA) is 95.6 Å². The molecule has 6 heteroatoms. The second-order valence-corrected chi connectivity index (χ2v) is 3.17. The molecule has 0 aliphatic heterocycles. The van der Waals surface area contributed by atoms with Crippen molar-refractivity contribution in [1.29, 1.82) is 0 Å². The van der Waals surface area contributed by atoms with Crippen molar-refractivity contribution >= 4 is 24.3 Å². The molecule has 1 unspecified atom stereocenters. The number of hydrogen-bond acceptors (Lipinski definition) is 5. The molecule has 0 aliphatic carbocycles. The first-order chi connectivity index (χ1) is 6.56. The number of carboxylic acids is 1. The van der Waals surface area contributed by atoms with Crippen LogP contribution in [0.5, 0.6) is 0 Å². The quantitative estimate of drug-likeness (QED) is 0.285. The molecule has 0 bridgehead atoms. The normalized spacial score (nSPS) is 12.2. The van der Waals surface area contributed by atoms with Gasteiger partial charge in [0.15, 0.2) is 6.10 Å². The summed E-state index contributed by atoms with van der Waals surface area (Å²) in [7, 11) is 0. The van der Waals surface area contributed by atoms with Gasteiger partial charge < -0.3 is 15.6 Å². The maximum atomic E-state index is 10.5. The average Bonchev–Trinajstić information content (AvgIpc) is 2.16. The van der Waals surface area contributed by atoms with Crippen LogP contribution in [0.2, 0.25) is 0 Å².